The van der Waals surface area contributed by atoms with Crippen molar-refractivity contribution in [2.45, 2.75) is 31.3 Å². The monoisotopic (exact) mass is 159 g/mol. The smallest absolute Gasteiger partial charge is 0.111 e. The molecule has 0 aromatic rings. The molecule has 0 bridgehead atoms. The zero-order valence-corrected chi connectivity index (χ0v) is 6.31. The molecule has 0 fully saturated rings. The molecule has 64 valence electrons. The van der Waals surface area contributed by atoms with E-state index >= 15 is 0 Å². The first kappa shape index (κ1) is 8.67. The van der Waals surface area contributed by atoms with Crippen LogP contribution in [0.1, 0.15) is 6.92 Å². The maximum Gasteiger partial charge on any atom is 0.111 e. The van der Waals surface area contributed by atoms with Crippen LogP contribution in [-0.4, -0.2) is 39.7 Å². The van der Waals surface area contributed by atoms with Crippen molar-refractivity contribution in [3.8, 4) is 0 Å². The predicted molar refractivity (Wildman–Crippen MR) is 39.8 cm³/mol. The van der Waals surface area contributed by atoms with Gasteiger partial charge >= 0.3 is 0 Å². The SMILES string of the molecule is CC1=C[C@@H](N)[C@@H](O)[C@H](O)[C@@H]1O. The molecule has 4 nitrogen and oxygen atoms in total. The molecule has 0 spiro atoms. The van der Waals surface area contributed by atoms with Crippen molar-refractivity contribution < 1.29 is 15.3 Å². The van der Waals surface area contributed by atoms with E-state index in [9.17, 15) is 5.11 Å². The lowest BCUT2D eigenvalue weighted by molar-refractivity contribution is -0.0565. The Kier molecular flexibility index (Phi) is 2.29. The van der Waals surface area contributed by atoms with E-state index in [1.54, 1.807) is 13.0 Å². The number of nitrogens with two attached hydrogens (primary N) is 1. The minimum atomic E-state index is -1.16. The van der Waals surface area contributed by atoms with Gasteiger partial charge in [0, 0.05) is 0 Å². The molecular formula is C7H13NO3. The van der Waals surface area contributed by atoms with Crippen molar-refractivity contribution in [2.75, 3.05) is 0 Å². The summed E-state index contributed by atoms with van der Waals surface area (Å²) in [6.45, 7) is 1.67. The molecule has 11 heavy (non-hydrogen) atoms. The molecule has 1 rings (SSSR count). The normalized spacial score (nSPS) is 45.4. The van der Waals surface area contributed by atoms with Gasteiger partial charge in [0.25, 0.3) is 0 Å². The molecule has 0 aromatic carbocycles. The summed E-state index contributed by atoms with van der Waals surface area (Å²) in [7, 11) is 0. The Hall–Kier alpha value is -0.420. The molecule has 5 N–H and O–H groups in total. The lowest BCUT2D eigenvalue weighted by Gasteiger charge is -2.31. The fourth-order valence-corrected chi connectivity index (χ4v) is 1.18. The number of aliphatic hydroxyl groups excluding tert-OH is 3. The van der Waals surface area contributed by atoms with Crippen molar-refractivity contribution in [3.63, 3.8) is 0 Å². The van der Waals surface area contributed by atoms with E-state index in [0.29, 0.717) is 5.57 Å². The molecule has 0 aliphatic heterocycles. The van der Waals surface area contributed by atoms with Crippen LogP contribution in [0.5, 0.6) is 0 Å². The van der Waals surface area contributed by atoms with Crippen LogP contribution < -0.4 is 5.73 Å². The van der Waals surface area contributed by atoms with Crippen LogP contribution in [0.4, 0.5) is 0 Å². The van der Waals surface area contributed by atoms with Gasteiger partial charge in [-0.1, -0.05) is 6.08 Å². The minimum absolute atomic E-state index is 0.576. The van der Waals surface area contributed by atoms with Crippen LogP contribution >= 0.6 is 0 Å². The van der Waals surface area contributed by atoms with Crippen molar-refractivity contribution in [1.82, 2.24) is 0 Å². The van der Waals surface area contributed by atoms with Gasteiger partial charge in [-0.15, -0.1) is 0 Å². The molecule has 4 heteroatoms. The number of hydrogen-bond donors (Lipinski definition) is 4. The van der Waals surface area contributed by atoms with E-state index in [0.717, 1.165) is 0 Å². The average Bonchev–Trinajstić information content (AvgIpc) is 1.97. The maximum absolute atomic E-state index is 9.20. The predicted octanol–water partition coefficient (Wildman–Crippen LogP) is -1.64. The third-order valence-corrected chi connectivity index (χ3v) is 1.99. The molecule has 1 aliphatic carbocycles. The van der Waals surface area contributed by atoms with Crippen LogP contribution in [0.15, 0.2) is 11.6 Å². The van der Waals surface area contributed by atoms with Gasteiger partial charge in [0.2, 0.25) is 0 Å². The average molecular weight is 159 g/mol. The zero-order valence-electron chi connectivity index (χ0n) is 6.31. The maximum atomic E-state index is 9.20. The van der Waals surface area contributed by atoms with E-state index in [4.69, 9.17) is 15.9 Å². The summed E-state index contributed by atoms with van der Waals surface area (Å²) in [4.78, 5) is 0. The minimum Gasteiger partial charge on any atom is -0.388 e. The lowest BCUT2D eigenvalue weighted by atomic mass is 9.89. The van der Waals surface area contributed by atoms with E-state index < -0.39 is 24.4 Å². The van der Waals surface area contributed by atoms with Gasteiger partial charge in [0.1, 0.15) is 18.3 Å². The second-order valence-corrected chi connectivity index (χ2v) is 2.91. The van der Waals surface area contributed by atoms with Crippen molar-refractivity contribution in [3.05, 3.63) is 11.6 Å². The highest BCUT2D eigenvalue weighted by Crippen LogP contribution is 2.18. The van der Waals surface area contributed by atoms with Crippen LogP contribution in [0.2, 0.25) is 0 Å². The molecule has 0 saturated heterocycles. The summed E-state index contributed by atoms with van der Waals surface area (Å²) in [5, 5.41) is 27.5. The molecule has 0 saturated carbocycles. The Morgan fingerprint density at radius 3 is 2.36 bits per heavy atom. The first-order valence-electron chi connectivity index (χ1n) is 3.52. The van der Waals surface area contributed by atoms with Gasteiger partial charge in [-0.3, -0.25) is 0 Å². The van der Waals surface area contributed by atoms with Crippen LogP contribution in [-0.2, 0) is 0 Å². The summed E-state index contributed by atoms with van der Waals surface area (Å²) < 4.78 is 0. The molecular weight excluding hydrogens is 146 g/mol. The van der Waals surface area contributed by atoms with Crippen molar-refractivity contribution in [1.29, 1.82) is 0 Å². The quantitative estimate of drug-likeness (QED) is 0.319. The van der Waals surface area contributed by atoms with Gasteiger partial charge in [0.05, 0.1) is 6.04 Å². The third-order valence-electron chi connectivity index (χ3n) is 1.99. The fourth-order valence-electron chi connectivity index (χ4n) is 1.18. The van der Waals surface area contributed by atoms with Gasteiger partial charge in [-0.2, -0.15) is 0 Å². The zero-order chi connectivity index (χ0) is 8.59. The second kappa shape index (κ2) is 2.91. The first-order chi connectivity index (χ1) is 5.04. The molecule has 1 aliphatic rings. The van der Waals surface area contributed by atoms with Crippen LogP contribution in [0, 0.1) is 0 Å². The highest BCUT2D eigenvalue weighted by Gasteiger charge is 2.33. The highest BCUT2D eigenvalue weighted by atomic mass is 16.4. The van der Waals surface area contributed by atoms with E-state index in [1.807, 2.05) is 0 Å². The van der Waals surface area contributed by atoms with E-state index in [-0.39, 0.29) is 0 Å². The Bertz CT molecular complexity index is 181. The Morgan fingerprint density at radius 2 is 1.82 bits per heavy atom. The largest absolute Gasteiger partial charge is 0.388 e. The Balaban J connectivity index is 2.83. The summed E-state index contributed by atoms with van der Waals surface area (Å²) in [6, 6.07) is -0.576. The molecule has 0 unspecified atom stereocenters. The summed E-state index contributed by atoms with van der Waals surface area (Å²) in [6.07, 6.45) is -1.64. The van der Waals surface area contributed by atoms with Gasteiger partial charge in [0.15, 0.2) is 0 Å². The molecule has 0 amide bonds. The molecule has 0 aromatic heterocycles. The summed E-state index contributed by atoms with van der Waals surface area (Å²) in [5.41, 5.74) is 6.03. The van der Waals surface area contributed by atoms with Crippen LogP contribution in [0.25, 0.3) is 0 Å². The lowest BCUT2D eigenvalue weighted by Crippen LogP contribution is -2.51. The van der Waals surface area contributed by atoms with Crippen LogP contribution in [0.3, 0.4) is 0 Å². The Labute approximate surface area is 65.0 Å². The molecule has 0 radical (unpaired) electrons. The molecule has 4 atom stereocenters. The topological polar surface area (TPSA) is 86.7 Å². The first-order valence-corrected chi connectivity index (χ1v) is 3.52. The summed E-state index contributed by atoms with van der Waals surface area (Å²) >= 11 is 0. The van der Waals surface area contributed by atoms with Gasteiger partial charge < -0.3 is 21.1 Å². The van der Waals surface area contributed by atoms with Gasteiger partial charge in [-0.25, -0.2) is 0 Å². The standard InChI is InChI=1S/C7H13NO3/c1-3-2-4(8)6(10)7(11)5(3)9/h2,4-7,9-11H,8H2,1H3/t4-,5-,6-,7-/m1/s1. The van der Waals surface area contributed by atoms with E-state index in [1.165, 1.54) is 0 Å². The Morgan fingerprint density at radius 1 is 1.27 bits per heavy atom. The number of hydrogen-bond acceptors (Lipinski definition) is 4. The summed E-state index contributed by atoms with van der Waals surface area (Å²) in [5.74, 6) is 0. The third kappa shape index (κ3) is 1.44. The number of aliphatic hydroxyl groups is 3. The fraction of sp³-hybridized carbons (Fsp3) is 0.714. The van der Waals surface area contributed by atoms with Crippen molar-refractivity contribution >= 4 is 0 Å². The van der Waals surface area contributed by atoms with E-state index in [2.05, 4.69) is 0 Å². The second-order valence-electron chi connectivity index (χ2n) is 2.91. The molecule has 0 heterocycles. The number of rotatable bonds is 0. The highest BCUT2D eigenvalue weighted by molar-refractivity contribution is 5.18. The van der Waals surface area contributed by atoms with Gasteiger partial charge in [-0.05, 0) is 12.5 Å². The van der Waals surface area contributed by atoms with Crippen molar-refractivity contribution in [2.24, 2.45) is 5.73 Å².